The maximum Gasteiger partial charge on any atom is 0.319 e. The summed E-state index contributed by atoms with van der Waals surface area (Å²) in [7, 11) is 0. The standard InChI is InChI=1S/C20H24N4O2/c25-19-15-24(14-13-21-19)18-11-5-4-10-17(18)23-20(26)22-12-6-9-16-7-2-1-3-8-16/h1-5,7-8,10-11H,6,9,12-15H2,(H,21,25)(H2,22,23,26). The molecule has 1 aliphatic heterocycles. The second-order valence-corrected chi connectivity index (χ2v) is 6.26. The molecule has 1 saturated heterocycles. The maximum absolute atomic E-state index is 12.2. The number of nitrogens with one attached hydrogen (secondary N) is 3. The normalized spacial score (nSPS) is 13.8. The van der Waals surface area contributed by atoms with E-state index >= 15 is 0 Å². The Kier molecular flexibility index (Phi) is 6.09. The first-order chi connectivity index (χ1) is 12.7. The summed E-state index contributed by atoms with van der Waals surface area (Å²) in [6.07, 6.45) is 1.81. The van der Waals surface area contributed by atoms with Crippen molar-refractivity contribution in [1.29, 1.82) is 0 Å². The highest BCUT2D eigenvalue weighted by Gasteiger charge is 2.19. The van der Waals surface area contributed by atoms with Crippen LogP contribution >= 0.6 is 0 Å². The molecule has 0 aliphatic carbocycles. The monoisotopic (exact) mass is 352 g/mol. The molecule has 0 unspecified atom stereocenters. The van der Waals surface area contributed by atoms with Crippen molar-refractivity contribution in [2.75, 3.05) is 36.4 Å². The fourth-order valence-corrected chi connectivity index (χ4v) is 3.00. The van der Waals surface area contributed by atoms with Gasteiger partial charge >= 0.3 is 6.03 Å². The molecule has 3 rings (SSSR count). The molecule has 6 heteroatoms. The molecule has 0 saturated carbocycles. The van der Waals surface area contributed by atoms with E-state index in [0.717, 1.165) is 25.1 Å². The molecular formula is C20H24N4O2. The Balaban J connectivity index is 1.50. The highest BCUT2D eigenvalue weighted by Crippen LogP contribution is 2.25. The zero-order valence-electron chi connectivity index (χ0n) is 14.7. The number of anilines is 2. The number of urea groups is 1. The third-order valence-corrected chi connectivity index (χ3v) is 4.30. The summed E-state index contributed by atoms with van der Waals surface area (Å²) < 4.78 is 0. The smallest absolute Gasteiger partial charge is 0.319 e. The van der Waals surface area contributed by atoms with E-state index in [2.05, 4.69) is 28.1 Å². The van der Waals surface area contributed by atoms with Crippen LogP contribution in [0.1, 0.15) is 12.0 Å². The summed E-state index contributed by atoms with van der Waals surface area (Å²) in [5.74, 6) is -0.00332. The zero-order chi connectivity index (χ0) is 18.2. The lowest BCUT2D eigenvalue weighted by Gasteiger charge is -2.30. The predicted octanol–water partition coefficient (Wildman–Crippen LogP) is 2.38. The summed E-state index contributed by atoms with van der Waals surface area (Å²) in [6, 6.07) is 17.5. The Hall–Kier alpha value is -3.02. The average Bonchev–Trinajstić information content (AvgIpc) is 2.66. The van der Waals surface area contributed by atoms with Crippen LogP contribution in [0.25, 0.3) is 0 Å². The second-order valence-electron chi connectivity index (χ2n) is 6.26. The minimum Gasteiger partial charge on any atom is -0.359 e. The SMILES string of the molecule is O=C1CN(c2ccccc2NC(=O)NCCCc2ccccc2)CCN1. The minimum absolute atomic E-state index is 0.00332. The van der Waals surface area contributed by atoms with E-state index in [1.807, 2.05) is 47.4 Å². The molecule has 3 N–H and O–H groups in total. The van der Waals surface area contributed by atoms with Crippen molar-refractivity contribution in [1.82, 2.24) is 10.6 Å². The van der Waals surface area contributed by atoms with E-state index in [1.165, 1.54) is 5.56 Å². The van der Waals surface area contributed by atoms with Gasteiger partial charge < -0.3 is 20.9 Å². The van der Waals surface area contributed by atoms with Gasteiger partial charge in [-0.1, -0.05) is 42.5 Å². The molecule has 2 aromatic carbocycles. The molecule has 2 aromatic rings. The number of aryl methyl sites for hydroxylation is 1. The van der Waals surface area contributed by atoms with Crippen LogP contribution < -0.4 is 20.9 Å². The lowest BCUT2D eigenvalue weighted by Crippen LogP contribution is -2.48. The second kappa shape index (κ2) is 8.89. The third kappa shape index (κ3) is 4.99. The van der Waals surface area contributed by atoms with Crippen LogP contribution in [0, 0.1) is 0 Å². The summed E-state index contributed by atoms with van der Waals surface area (Å²) in [4.78, 5) is 25.8. The Bertz CT molecular complexity index is 748. The van der Waals surface area contributed by atoms with Gasteiger partial charge in [0.15, 0.2) is 0 Å². The molecule has 0 bridgehead atoms. The largest absolute Gasteiger partial charge is 0.359 e. The van der Waals surface area contributed by atoms with Gasteiger partial charge in [-0.05, 0) is 30.5 Å². The van der Waals surface area contributed by atoms with Crippen LogP contribution in [-0.4, -0.2) is 38.1 Å². The topological polar surface area (TPSA) is 73.5 Å². The third-order valence-electron chi connectivity index (χ3n) is 4.30. The van der Waals surface area contributed by atoms with E-state index in [9.17, 15) is 9.59 Å². The molecule has 1 heterocycles. The maximum atomic E-state index is 12.2. The van der Waals surface area contributed by atoms with E-state index in [1.54, 1.807) is 0 Å². The Labute approximate surface area is 153 Å². The van der Waals surface area contributed by atoms with Crippen molar-refractivity contribution in [2.45, 2.75) is 12.8 Å². The first-order valence-corrected chi connectivity index (χ1v) is 8.92. The molecule has 1 fully saturated rings. The van der Waals surface area contributed by atoms with Crippen molar-refractivity contribution in [3.63, 3.8) is 0 Å². The molecule has 3 amide bonds. The van der Waals surface area contributed by atoms with E-state index in [-0.39, 0.29) is 11.9 Å². The Morgan fingerprint density at radius 2 is 1.85 bits per heavy atom. The van der Waals surface area contributed by atoms with E-state index in [0.29, 0.717) is 25.3 Å². The number of rotatable bonds is 6. The van der Waals surface area contributed by atoms with Crippen LogP contribution in [0.15, 0.2) is 54.6 Å². The number of para-hydroxylation sites is 2. The minimum atomic E-state index is -0.230. The first kappa shape index (κ1) is 17.8. The number of benzene rings is 2. The lowest BCUT2D eigenvalue weighted by molar-refractivity contribution is -0.120. The predicted molar refractivity (Wildman–Crippen MR) is 103 cm³/mol. The van der Waals surface area contributed by atoms with Crippen molar-refractivity contribution in [3.8, 4) is 0 Å². The summed E-state index contributed by atoms with van der Waals surface area (Å²) in [6.45, 7) is 2.24. The van der Waals surface area contributed by atoms with Crippen LogP contribution in [0.3, 0.4) is 0 Å². The average molecular weight is 352 g/mol. The highest BCUT2D eigenvalue weighted by atomic mass is 16.2. The van der Waals surface area contributed by atoms with Crippen LogP contribution in [0.2, 0.25) is 0 Å². The van der Waals surface area contributed by atoms with Gasteiger partial charge in [-0.3, -0.25) is 4.79 Å². The molecule has 0 spiro atoms. The molecular weight excluding hydrogens is 328 g/mol. The van der Waals surface area contributed by atoms with Gasteiger partial charge in [-0.25, -0.2) is 4.79 Å². The molecule has 0 radical (unpaired) electrons. The highest BCUT2D eigenvalue weighted by molar-refractivity contribution is 5.94. The van der Waals surface area contributed by atoms with Gasteiger partial charge in [0.1, 0.15) is 0 Å². The Morgan fingerprint density at radius 3 is 2.65 bits per heavy atom. The number of carbonyl (C=O) groups is 2. The summed E-state index contributed by atoms with van der Waals surface area (Å²) >= 11 is 0. The fourth-order valence-electron chi connectivity index (χ4n) is 3.00. The van der Waals surface area contributed by atoms with Gasteiger partial charge in [-0.2, -0.15) is 0 Å². The number of carbonyl (C=O) groups excluding carboxylic acids is 2. The van der Waals surface area contributed by atoms with Crippen LogP contribution in [-0.2, 0) is 11.2 Å². The van der Waals surface area contributed by atoms with E-state index in [4.69, 9.17) is 0 Å². The zero-order valence-corrected chi connectivity index (χ0v) is 14.7. The van der Waals surface area contributed by atoms with Crippen molar-refractivity contribution in [3.05, 3.63) is 60.2 Å². The number of hydrogen-bond donors (Lipinski definition) is 3. The van der Waals surface area contributed by atoms with Gasteiger partial charge in [0, 0.05) is 19.6 Å². The summed E-state index contributed by atoms with van der Waals surface area (Å²) in [5, 5.41) is 8.60. The van der Waals surface area contributed by atoms with Crippen LogP contribution in [0.5, 0.6) is 0 Å². The number of piperazine rings is 1. The molecule has 1 aliphatic rings. The van der Waals surface area contributed by atoms with Gasteiger partial charge in [0.05, 0.1) is 17.9 Å². The molecule has 6 nitrogen and oxygen atoms in total. The molecule has 0 aromatic heterocycles. The van der Waals surface area contributed by atoms with Gasteiger partial charge in [-0.15, -0.1) is 0 Å². The first-order valence-electron chi connectivity index (χ1n) is 8.92. The van der Waals surface area contributed by atoms with E-state index < -0.39 is 0 Å². The molecule has 136 valence electrons. The number of hydrogen-bond acceptors (Lipinski definition) is 3. The fraction of sp³-hybridized carbons (Fsp3) is 0.300. The quantitative estimate of drug-likeness (QED) is 0.699. The van der Waals surface area contributed by atoms with Crippen molar-refractivity contribution < 1.29 is 9.59 Å². The number of amides is 3. The van der Waals surface area contributed by atoms with Crippen LogP contribution in [0.4, 0.5) is 16.2 Å². The Morgan fingerprint density at radius 1 is 1.08 bits per heavy atom. The summed E-state index contributed by atoms with van der Waals surface area (Å²) in [5.41, 5.74) is 2.84. The number of nitrogens with zero attached hydrogens (tertiary/aromatic N) is 1. The van der Waals surface area contributed by atoms with Crippen molar-refractivity contribution in [2.24, 2.45) is 0 Å². The lowest BCUT2D eigenvalue weighted by atomic mass is 10.1. The molecule has 0 atom stereocenters. The van der Waals surface area contributed by atoms with Crippen molar-refractivity contribution >= 4 is 23.3 Å². The molecule has 26 heavy (non-hydrogen) atoms. The van der Waals surface area contributed by atoms with Gasteiger partial charge in [0.2, 0.25) is 5.91 Å². The van der Waals surface area contributed by atoms with Gasteiger partial charge in [0.25, 0.3) is 0 Å².